The van der Waals surface area contributed by atoms with Gasteiger partial charge in [0.05, 0.1) is 12.8 Å². The third kappa shape index (κ3) is 3.88. The average Bonchev–Trinajstić information content (AvgIpc) is 2.43. The van der Waals surface area contributed by atoms with Crippen LogP contribution >= 0.6 is 0 Å². The van der Waals surface area contributed by atoms with E-state index in [0.717, 1.165) is 18.5 Å². The molecule has 21 heavy (non-hydrogen) atoms. The summed E-state index contributed by atoms with van der Waals surface area (Å²) in [5.41, 5.74) is 1.55. The number of benzene rings is 1. The number of nitrogens with one attached hydrogen (secondary N) is 3. The van der Waals surface area contributed by atoms with E-state index < -0.39 is 0 Å². The van der Waals surface area contributed by atoms with Crippen molar-refractivity contribution in [2.75, 3.05) is 19.5 Å². The molecule has 0 bridgehead atoms. The molecule has 2 rings (SSSR count). The molecule has 3 N–H and O–H groups in total. The zero-order valence-corrected chi connectivity index (χ0v) is 13.2. The number of amides is 1. The second-order valence-electron chi connectivity index (χ2n) is 5.83. The molecule has 0 saturated heterocycles. The van der Waals surface area contributed by atoms with Gasteiger partial charge in [-0.2, -0.15) is 0 Å². The molecule has 1 aromatic carbocycles. The minimum absolute atomic E-state index is 0. The van der Waals surface area contributed by atoms with E-state index in [-0.39, 0.29) is 10.2 Å². The molecule has 122 valence electrons. The van der Waals surface area contributed by atoms with E-state index in [1.54, 1.807) is 20.2 Å². The van der Waals surface area contributed by atoms with Gasteiger partial charge in [-0.1, -0.05) is 13.8 Å². The molecule has 0 aliphatic heterocycles. The first-order valence-corrected chi connectivity index (χ1v) is 7.46. The van der Waals surface area contributed by atoms with Gasteiger partial charge >= 0.3 is 0 Å². The number of hydrogen-bond donors (Lipinski definition) is 3. The largest absolute Gasteiger partial charge is 0.495 e. The van der Waals surface area contributed by atoms with Crippen molar-refractivity contribution in [3.05, 3.63) is 23.8 Å². The maximum Gasteiger partial charge on any atom is 0.251 e. The Bertz CT molecular complexity index is 509. The maximum absolute atomic E-state index is 11.6. The van der Waals surface area contributed by atoms with Gasteiger partial charge in [-0.3, -0.25) is 4.79 Å². The minimum Gasteiger partial charge on any atom is -0.495 e. The summed E-state index contributed by atoms with van der Waals surface area (Å²) < 4.78 is 5.38. The molecule has 0 aromatic heterocycles. The van der Waals surface area contributed by atoms with E-state index in [0.29, 0.717) is 29.4 Å². The van der Waals surface area contributed by atoms with E-state index in [9.17, 15) is 4.79 Å². The van der Waals surface area contributed by atoms with E-state index in [2.05, 4.69) is 29.8 Å². The van der Waals surface area contributed by atoms with Crippen LogP contribution in [0.4, 0.5) is 5.69 Å². The highest BCUT2D eigenvalue weighted by Gasteiger charge is 2.29. The quantitative estimate of drug-likeness (QED) is 0.755. The lowest BCUT2D eigenvalue weighted by molar-refractivity contribution is 0.0963. The van der Waals surface area contributed by atoms with Crippen molar-refractivity contribution < 1.29 is 13.8 Å². The second-order valence-corrected chi connectivity index (χ2v) is 5.83. The predicted molar refractivity (Wildman–Crippen MR) is 91.4 cm³/mol. The van der Waals surface area contributed by atoms with Crippen LogP contribution in [-0.2, 0) is 0 Å². The first kappa shape index (κ1) is 15.6. The summed E-state index contributed by atoms with van der Waals surface area (Å²) >= 11 is 0. The number of anilines is 1. The number of rotatable bonds is 6. The summed E-state index contributed by atoms with van der Waals surface area (Å²) in [5.74, 6) is 0.598. The van der Waals surface area contributed by atoms with Crippen molar-refractivity contribution in [1.82, 2.24) is 10.6 Å². The van der Waals surface area contributed by atoms with Crippen molar-refractivity contribution in [2.45, 2.75) is 44.8 Å². The summed E-state index contributed by atoms with van der Waals surface area (Å²) in [6.45, 7) is 4.34. The molecular weight excluding hydrogens is 266 g/mol. The highest BCUT2D eigenvalue weighted by atomic mass is 16.5. The van der Waals surface area contributed by atoms with Crippen LogP contribution in [0.1, 0.15) is 41.3 Å². The van der Waals surface area contributed by atoms with Crippen molar-refractivity contribution in [3.8, 4) is 5.75 Å². The van der Waals surface area contributed by atoms with Crippen molar-refractivity contribution >= 4 is 11.6 Å². The third-order valence-electron chi connectivity index (χ3n) is 3.76. The Morgan fingerprint density at radius 2 is 2.05 bits per heavy atom. The van der Waals surface area contributed by atoms with Gasteiger partial charge < -0.3 is 20.7 Å². The van der Waals surface area contributed by atoms with Gasteiger partial charge in [0.15, 0.2) is 0 Å². The SMILES string of the molecule is CNC(=O)c1ccc(NC2CC(NC(C)C)C2)c(OC)c1.[HH].[HH].[HH]. The molecule has 0 atom stereocenters. The smallest absolute Gasteiger partial charge is 0.251 e. The molecule has 1 aliphatic rings. The molecule has 0 spiro atoms. The zero-order chi connectivity index (χ0) is 15.4. The number of ether oxygens (including phenoxy) is 1. The van der Waals surface area contributed by atoms with Gasteiger partial charge in [0.2, 0.25) is 0 Å². The van der Waals surface area contributed by atoms with Crippen molar-refractivity contribution in [2.24, 2.45) is 0 Å². The van der Waals surface area contributed by atoms with Crippen LogP contribution in [-0.4, -0.2) is 38.2 Å². The molecule has 0 radical (unpaired) electrons. The second kappa shape index (κ2) is 6.80. The number of carbonyl (C=O) groups is 1. The van der Waals surface area contributed by atoms with E-state index in [4.69, 9.17) is 4.74 Å². The molecule has 1 saturated carbocycles. The first-order valence-electron chi connectivity index (χ1n) is 7.46. The van der Waals surface area contributed by atoms with Gasteiger partial charge in [-0.15, -0.1) is 0 Å². The Morgan fingerprint density at radius 3 is 2.62 bits per heavy atom. The van der Waals surface area contributed by atoms with Gasteiger partial charge in [0.1, 0.15) is 5.75 Å². The van der Waals surface area contributed by atoms with Crippen LogP contribution in [0.2, 0.25) is 0 Å². The highest BCUT2D eigenvalue weighted by molar-refractivity contribution is 5.95. The fourth-order valence-corrected chi connectivity index (χ4v) is 2.66. The Hall–Kier alpha value is -1.75. The fourth-order valence-electron chi connectivity index (χ4n) is 2.66. The number of methoxy groups -OCH3 is 1. The molecular formula is C16H31N3O2. The number of hydrogen-bond acceptors (Lipinski definition) is 4. The lowest BCUT2D eigenvalue weighted by atomic mass is 9.86. The van der Waals surface area contributed by atoms with Crippen LogP contribution in [0, 0.1) is 0 Å². The Kier molecular flexibility index (Phi) is 5.07. The van der Waals surface area contributed by atoms with Crippen LogP contribution in [0.25, 0.3) is 0 Å². The average molecular weight is 297 g/mol. The zero-order valence-electron chi connectivity index (χ0n) is 13.2. The standard InChI is InChI=1S/C16H25N3O2.3H2/c1-10(2)18-12-8-13(9-12)19-14-6-5-11(16(20)17-3)7-15(14)21-4;;;/h5-7,10,12-13,18-19H,8-9H2,1-4H3,(H,17,20);3*1H. The van der Waals surface area contributed by atoms with Crippen LogP contribution in [0.15, 0.2) is 18.2 Å². The van der Waals surface area contributed by atoms with Gasteiger partial charge in [0, 0.05) is 35.0 Å². The fraction of sp³-hybridized carbons (Fsp3) is 0.562. The topological polar surface area (TPSA) is 62.4 Å². The highest BCUT2D eigenvalue weighted by Crippen LogP contribution is 2.31. The Balaban J connectivity index is 0. The Morgan fingerprint density at radius 1 is 1.33 bits per heavy atom. The predicted octanol–water partition coefficient (Wildman–Crippen LogP) is 2.73. The third-order valence-corrected chi connectivity index (χ3v) is 3.76. The van der Waals surface area contributed by atoms with Gasteiger partial charge in [-0.25, -0.2) is 0 Å². The minimum atomic E-state index is -0.107. The summed E-state index contributed by atoms with van der Waals surface area (Å²) in [7, 11) is 3.25. The summed E-state index contributed by atoms with van der Waals surface area (Å²) in [4.78, 5) is 11.6. The van der Waals surface area contributed by atoms with Crippen LogP contribution < -0.4 is 20.7 Å². The van der Waals surface area contributed by atoms with E-state index in [1.165, 1.54) is 0 Å². The van der Waals surface area contributed by atoms with Gasteiger partial charge in [0.25, 0.3) is 5.91 Å². The van der Waals surface area contributed by atoms with Gasteiger partial charge in [-0.05, 0) is 31.0 Å². The monoisotopic (exact) mass is 297 g/mol. The van der Waals surface area contributed by atoms with Crippen molar-refractivity contribution in [1.29, 1.82) is 0 Å². The van der Waals surface area contributed by atoms with E-state index in [1.807, 2.05) is 12.1 Å². The number of carbonyl (C=O) groups excluding carboxylic acids is 1. The maximum atomic E-state index is 11.6. The molecule has 1 amide bonds. The molecule has 0 heterocycles. The van der Waals surface area contributed by atoms with Crippen LogP contribution in [0.5, 0.6) is 5.75 Å². The molecule has 1 aromatic rings. The lowest BCUT2D eigenvalue weighted by Gasteiger charge is -2.38. The molecule has 0 unspecified atom stereocenters. The normalized spacial score (nSPS) is 20.8. The summed E-state index contributed by atoms with van der Waals surface area (Å²) in [5, 5.41) is 9.64. The summed E-state index contributed by atoms with van der Waals surface area (Å²) in [6.07, 6.45) is 2.22. The lowest BCUT2D eigenvalue weighted by Crippen LogP contribution is -2.49. The molecule has 1 fully saturated rings. The molecule has 5 heteroatoms. The molecule has 1 aliphatic carbocycles. The Labute approximate surface area is 130 Å². The van der Waals surface area contributed by atoms with Crippen molar-refractivity contribution in [3.63, 3.8) is 0 Å². The first-order chi connectivity index (χ1) is 10.0. The molecule has 5 nitrogen and oxygen atoms in total. The van der Waals surface area contributed by atoms with Crippen LogP contribution in [0.3, 0.4) is 0 Å². The summed E-state index contributed by atoms with van der Waals surface area (Å²) in [6, 6.07) is 7.07. The van der Waals surface area contributed by atoms with E-state index >= 15 is 0 Å².